The molecule has 1 aromatic rings. The van der Waals surface area contributed by atoms with E-state index in [0.29, 0.717) is 24.7 Å². The zero-order chi connectivity index (χ0) is 15.7. The number of para-hydroxylation sites is 1. The van der Waals surface area contributed by atoms with Crippen LogP contribution >= 0.6 is 0 Å². The van der Waals surface area contributed by atoms with Gasteiger partial charge in [-0.2, -0.15) is 0 Å². The Labute approximate surface area is 132 Å². The predicted octanol–water partition coefficient (Wildman–Crippen LogP) is 2.11. The van der Waals surface area contributed by atoms with Gasteiger partial charge >= 0.3 is 0 Å². The number of hydrogen-bond donors (Lipinski definition) is 1. The Balaban J connectivity index is 1.84. The van der Waals surface area contributed by atoms with Crippen LogP contribution < -0.4 is 15.4 Å². The fourth-order valence-corrected chi connectivity index (χ4v) is 3.20. The fourth-order valence-electron chi connectivity index (χ4n) is 3.20. The molecule has 5 heteroatoms. The van der Waals surface area contributed by atoms with Gasteiger partial charge in [0, 0.05) is 13.1 Å². The molecule has 1 unspecified atom stereocenters. The number of nitrogens with zero attached hydrogens (tertiary/aromatic N) is 2. The lowest BCUT2D eigenvalue weighted by Gasteiger charge is -2.38. The first-order chi connectivity index (χ1) is 10.6. The molecule has 1 aromatic carbocycles. The lowest BCUT2D eigenvalue weighted by atomic mass is 10.0. The zero-order valence-electron chi connectivity index (χ0n) is 13.4. The highest BCUT2D eigenvalue weighted by molar-refractivity contribution is 5.85. The standard InChI is InChI=1S/C17H25N3O2/c1-12(2)15-10-20(11-16(21)19-8-3-4-9-19)17-13(18)6-5-7-14(17)22-15/h5-7,12,15H,3-4,8-11,18H2,1-2H3. The van der Waals surface area contributed by atoms with Crippen LogP contribution in [0.1, 0.15) is 26.7 Å². The minimum atomic E-state index is 0.0840. The normalized spacial score (nSPS) is 21.0. The second kappa shape index (κ2) is 6.07. The molecule has 2 aliphatic rings. The molecule has 5 nitrogen and oxygen atoms in total. The first-order valence-corrected chi connectivity index (χ1v) is 8.14. The van der Waals surface area contributed by atoms with Crippen molar-refractivity contribution in [2.45, 2.75) is 32.8 Å². The first-order valence-electron chi connectivity index (χ1n) is 8.14. The molecule has 3 rings (SSSR count). The van der Waals surface area contributed by atoms with Crippen molar-refractivity contribution in [1.29, 1.82) is 0 Å². The number of benzene rings is 1. The van der Waals surface area contributed by atoms with Crippen LogP contribution in [0.3, 0.4) is 0 Å². The highest BCUT2D eigenvalue weighted by Crippen LogP contribution is 2.39. The smallest absolute Gasteiger partial charge is 0.242 e. The number of carbonyl (C=O) groups is 1. The van der Waals surface area contributed by atoms with E-state index in [-0.39, 0.29) is 12.0 Å². The molecule has 2 N–H and O–H groups in total. The van der Waals surface area contributed by atoms with Gasteiger partial charge in [-0.05, 0) is 30.9 Å². The van der Waals surface area contributed by atoms with E-state index in [2.05, 4.69) is 18.7 Å². The highest BCUT2D eigenvalue weighted by atomic mass is 16.5. The topological polar surface area (TPSA) is 58.8 Å². The van der Waals surface area contributed by atoms with Crippen molar-refractivity contribution in [2.75, 3.05) is 36.8 Å². The van der Waals surface area contributed by atoms with Gasteiger partial charge in [0.2, 0.25) is 5.91 Å². The average molecular weight is 303 g/mol. The summed E-state index contributed by atoms with van der Waals surface area (Å²) in [4.78, 5) is 16.6. The summed E-state index contributed by atoms with van der Waals surface area (Å²) in [7, 11) is 0. The van der Waals surface area contributed by atoms with Gasteiger partial charge in [-0.25, -0.2) is 0 Å². The summed E-state index contributed by atoms with van der Waals surface area (Å²) in [6.07, 6.45) is 2.31. The molecular weight excluding hydrogens is 278 g/mol. The van der Waals surface area contributed by atoms with E-state index >= 15 is 0 Å². The van der Waals surface area contributed by atoms with Gasteiger partial charge in [0.05, 0.1) is 18.8 Å². The van der Waals surface area contributed by atoms with Crippen molar-refractivity contribution in [2.24, 2.45) is 5.92 Å². The summed E-state index contributed by atoms with van der Waals surface area (Å²) < 4.78 is 6.06. The number of nitrogen functional groups attached to an aromatic ring is 1. The third-order valence-electron chi connectivity index (χ3n) is 4.55. The fraction of sp³-hybridized carbons (Fsp3) is 0.588. The van der Waals surface area contributed by atoms with E-state index < -0.39 is 0 Å². The SMILES string of the molecule is CC(C)C1CN(CC(=O)N2CCCC2)c2c(N)cccc2O1. The molecule has 1 atom stereocenters. The largest absolute Gasteiger partial charge is 0.486 e. The second-order valence-electron chi connectivity index (χ2n) is 6.56. The Morgan fingerprint density at radius 3 is 2.77 bits per heavy atom. The van der Waals surface area contributed by atoms with Gasteiger partial charge in [-0.1, -0.05) is 19.9 Å². The third kappa shape index (κ3) is 2.85. The lowest BCUT2D eigenvalue weighted by Crippen LogP contribution is -2.47. The van der Waals surface area contributed by atoms with Crippen molar-refractivity contribution >= 4 is 17.3 Å². The van der Waals surface area contributed by atoms with Crippen LogP contribution in [-0.4, -0.2) is 43.1 Å². The molecule has 1 amide bonds. The van der Waals surface area contributed by atoms with Crippen molar-refractivity contribution < 1.29 is 9.53 Å². The van der Waals surface area contributed by atoms with Crippen LogP contribution in [0.4, 0.5) is 11.4 Å². The Hall–Kier alpha value is -1.91. The molecule has 120 valence electrons. The van der Waals surface area contributed by atoms with Crippen LogP contribution in [0.2, 0.25) is 0 Å². The second-order valence-corrected chi connectivity index (χ2v) is 6.56. The highest BCUT2D eigenvalue weighted by Gasteiger charge is 2.31. The lowest BCUT2D eigenvalue weighted by molar-refractivity contribution is -0.128. The number of carbonyl (C=O) groups excluding carboxylic acids is 1. The molecule has 0 bridgehead atoms. The van der Waals surface area contributed by atoms with E-state index in [1.165, 1.54) is 0 Å². The van der Waals surface area contributed by atoms with E-state index in [1.54, 1.807) is 0 Å². The van der Waals surface area contributed by atoms with Gasteiger partial charge in [0.1, 0.15) is 17.5 Å². The number of ether oxygens (including phenoxy) is 1. The van der Waals surface area contributed by atoms with Gasteiger partial charge in [-0.3, -0.25) is 4.79 Å². The van der Waals surface area contributed by atoms with E-state index in [0.717, 1.165) is 37.4 Å². The maximum Gasteiger partial charge on any atom is 0.242 e. The number of nitrogens with two attached hydrogens (primary N) is 1. The minimum Gasteiger partial charge on any atom is -0.486 e. The molecule has 0 aromatic heterocycles. The van der Waals surface area contributed by atoms with Gasteiger partial charge in [-0.15, -0.1) is 0 Å². The number of anilines is 2. The maximum absolute atomic E-state index is 12.5. The molecule has 0 spiro atoms. The van der Waals surface area contributed by atoms with Crippen LogP contribution in [0, 0.1) is 5.92 Å². The maximum atomic E-state index is 12.5. The number of amides is 1. The molecule has 1 fully saturated rings. The van der Waals surface area contributed by atoms with E-state index in [1.807, 2.05) is 23.1 Å². The molecule has 2 heterocycles. The van der Waals surface area contributed by atoms with Gasteiger partial charge in [0.15, 0.2) is 0 Å². The average Bonchev–Trinajstić information content (AvgIpc) is 3.01. The van der Waals surface area contributed by atoms with E-state index in [9.17, 15) is 4.79 Å². The molecule has 2 aliphatic heterocycles. The Morgan fingerprint density at radius 2 is 2.09 bits per heavy atom. The summed E-state index contributed by atoms with van der Waals surface area (Å²) in [5, 5.41) is 0. The Bertz CT molecular complexity index is 553. The van der Waals surface area contributed by atoms with Crippen LogP contribution in [0.25, 0.3) is 0 Å². The summed E-state index contributed by atoms with van der Waals surface area (Å²) in [6.45, 7) is 7.14. The quantitative estimate of drug-likeness (QED) is 0.869. The zero-order valence-corrected chi connectivity index (χ0v) is 13.4. The molecule has 0 saturated carbocycles. The summed E-state index contributed by atoms with van der Waals surface area (Å²) in [5.41, 5.74) is 7.68. The monoisotopic (exact) mass is 303 g/mol. The van der Waals surface area contributed by atoms with Gasteiger partial charge < -0.3 is 20.3 Å². The molecule has 0 radical (unpaired) electrons. The van der Waals surface area contributed by atoms with Crippen LogP contribution in [0.5, 0.6) is 5.75 Å². The van der Waals surface area contributed by atoms with Crippen LogP contribution in [0.15, 0.2) is 18.2 Å². The van der Waals surface area contributed by atoms with Crippen molar-refractivity contribution in [3.63, 3.8) is 0 Å². The van der Waals surface area contributed by atoms with Crippen molar-refractivity contribution in [1.82, 2.24) is 4.90 Å². The Kier molecular flexibility index (Phi) is 4.14. The van der Waals surface area contributed by atoms with Gasteiger partial charge in [0.25, 0.3) is 0 Å². The molecule has 0 aliphatic carbocycles. The number of fused-ring (bicyclic) bond motifs is 1. The Morgan fingerprint density at radius 1 is 1.36 bits per heavy atom. The van der Waals surface area contributed by atoms with Crippen molar-refractivity contribution in [3.05, 3.63) is 18.2 Å². The van der Waals surface area contributed by atoms with Crippen molar-refractivity contribution in [3.8, 4) is 5.75 Å². The molecule has 22 heavy (non-hydrogen) atoms. The number of likely N-dealkylation sites (tertiary alicyclic amines) is 1. The molecule has 1 saturated heterocycles. The van der Waals surface area contributed by atoms with E-state index in [4.69, 9.17) is 10.5 Å². The predicted molar refractivity (Wildman–Crippen MR) is 88.1 cm³/mol. The molecular formula is C17H25N3O2. The third-order valence-corrected chi connectivity index (χ3v) is 4.55. The van der Waals surface area contributed by atoms with Crippen LogP contribution in [-0.2, 0) is 4.79 Å². The summed E-state index contributed by atoms with van der Waals surface area (Å²) >= 11 is 0. The summed E-state index contributed by atoms with van der Waals surface area (Å²) in [5.74, 6) is 1.37. The minimum absolute atomic E-state index is 0.0840. The summed E-state index contributed by atoms with van der Waals surface area (Å²) in [6, 6.07) is 5.70. The number of hydrogen-bond acceptors (Lipinski definition) is 4. The first kappa shape index (κ1) is 15.0. The number of rotatable bonds is 3.